The van der Waals surface area contributed by atoms with E-state index in [4.69, 9.17) is 14.3 Å². The molecule has 140 valence electrons. The van der Waals surface area contributed by atoms with Crippen LogP contribution in [0.25, 0.3) is 0 Å². The third kappa shape index (κ3) is 13.6. The lowest BCUT2D eigenvalue weighted by molar-refractivity contribution is 0.282. The van der Waals surface area contributed by atoms with Crippen molar-refractivity contribution in [3.63, 3.8) is 0 Å². The van der Waals surface area contributed by atoms with Crippen LogP contribution in [0.3, 0.4) is 0 Å². The molecule has 0 radical (unpaired) electrons. The Morgan fingerprint density at radius 1 is 0.958 bits per heavy atom. The summed E-state index contributed by atoms with van der Waals surface area (Å²) in [6.45, 7) is 8.58. The topological polar surface area (TPSA) is 78.8 Å². The third-order valence-corrected chi connectivity index (χ3v) is 3.92. The van der Waals surface area contributed by atoms with E-state index in [1.54, 1.807) is 12.1 Å². The molecule has 6 heteroatoms. The number of rotatable bonds is 11. The fraction of sp³-hybridized carbons (Fsp3) is 0.667. The Hall–Kier alpha value is -0.870. The predicted octanol–water partition coefficient (Wildman–Crippen LogP) is 4.68. The maximum absolute atomic E-state index is 10.9. The smallest absolute Gasteiger partial charge is 0.404 e. The van der Waals surface area contributed by atoms with Crippen LogP contribution in [0, 0.1) is 0 Å². The quantitative estimate of drug-likeness (QED) is 0.395. The number of nitrogens with one attached hydrogen (secondary N) is 1. The van der Waals surface area contributed by atoms with Gasteiger partial charge in [0.05, 0.1) is 0 Å². The molecule has 0 heterocycles. The molecule has 0 spiro atoms. The van der Waals surface area contributed by atoms with Crippen molar-refractivity contribution >= 4 is 7.82 Å². The van der Waals surface area contributed by atoms with E-state index in [9.17, 15) is 4.57 Å². The maximum Gasteiger partial charge on any atom is 0.524 e. The van der Waals surface area contributed by atoms with Gasteiger partial charge in [-0.3, -0.25) is 9.79 Å². The lowest BCUT2D eigenvalue weighted by Gasteiger charge is -2.11. The molecule has 0 atom stereocenters. The van der Waals surface area contributed by atoms with E-state index in [2.05, 4.69) is 26.1 Å². The average molecular weight is 359 g/mol. The summed E-state index contributed by atoms with van der Waals surface area (Å²) in [5.41, 5.74) is 0.862. The van der Waals surface area contributed by atoms with Crippen LogP contribution in [-0.2, 0) is 11.0 Å². The van der Waals surface area contributed by atoms with E-state index in [-0.39, 0.29) is 0 Å². The normalized spacial score (nSPS) is 10.9. The average Bonchev–Trinajstić information content (AvgIpc) is 2.52. The lowest BCUT2D eigenvalue weighted by atomic mass is 10.0. The highest BCUT2D eigenvalue weighted by Gasteiger charge is 2.17. The Morgan fingerprint density at radius 2 is 1.54 bits per heavy atom. The van der Waals surface area contributed by atoms with Crippen LogP contribution >= 0.6 is 7.82 Å². The van der Waals surface area contributed by atoms with Gasteiger partial charge in [-0.15, -0.1) is 0 Å². The molecular formula is C18H34NO4P. The first-order valence-corrected chi connectivity index (χ1v) is 10.5. The van der Waals surface area contributed by atoms with Gasteiger partial charge in [0, 0.05) is 0 Å². The summed E-state index contributed by atoms with van der Waals surface area (Å²) < 4.78 is 15.6. The van der Waals surface area contributed by atoms with E-state index in [1.165, 1.54) is 25.7 Å². The number of hydrogen-bond acceptors (Lipinski definition) is 3. The fourth-order valence-corrected chi connectivity index (χ4v) is 2.71. The first-order chi connectivity index (χ1) is 11.4. The van der Waals surface area contributed by atoms with Gasteiger partial charge in [0.15, 0.2) is 0 Å². The Balaban J connectivity index is 0.000000922. The van der Waals surface area contributed by atoms with Crippen LogP contribution in [0.15, 0.2) is 24.3 Å². The predicted molar refractivity (Wildman–Crippen MR) is 100 cm³/mol. The van der Waals surface area contributed by atoms with Gasteiger partial charge in [-0.1, -0.05) is 71.1 Å². The standard InChI is InChI=1S/C14H23O4P.C4H11N/c1-2-3-4-5-6-7-10-13-11-8-9-12-14(13)18-19(15,16)17;1-3-5-4-2/h8-9,11-12H,2-7,10H2,1H3,(H2,15,16,17);5H,3-4H2,1-2H3. The summed E-state index contributed by atoms with van der Waals surface area (Å²) in [6.07, 6.45) is 7.95. The first kappa shape index (κ1) is 23.1. The van der Waals surface area contributed by atoms with E-state index >= 15 is 0 Å². The second kappa shape index (κ2) is 14.5. The highest BCUT2D eigenvalue weighted by Crippen LogP contribution is 2.39. The molecule has 5 nitrogen and oxygen atoms in total. The Kier molecular flexibility index (Phi) is 13.9. The van der Waals surface area contributed by atoms with Gasteiger partial charge in [0.25, 0.3) is 0 Å². The number of phosphoric ester groups is 1. The highest BCUT2D eigenvalue weighted by molar-refractivity contribution is 7.46. The van der Waals surface area contributed by atoms with Crippen molar-refractivity contribution < 1.29 is 18.9 Å². The minimum absolute atomic E-state index is 0.296. The number of aryl methyl sites for hydroxylation is 1. The van der Waals surface area contributed by atoms with Gasteiger partial charge in [0.2, 0.25) is 0 Å². The summed E-state index contributed by atoms with van der Waals surface area (Å²) in [4.78, 5) is 17.7. The molecule has 0 amide bonds. The van der Waals surface area contributed by atoms with Crippen molar-refractivity contribution in [3.05, 3.63) is 29.8 Å². The van der Waals surface area contributed by atoms with Crippen molar-refractivity contribution in [3.8, 4) is 5.75 Å². The van der Waals surface area contributed by atoms with Gasteiger partial charge in [-0.25, -0.2) is 4.57 Å². The summed E-state index contributed by atoms with van der Waals surface area (Å²) in [5.74, 6) is 0.296. The first-order valence-electron chi connectivity index (χ1n) is 8.98. The zero-order valence-electron chi connectivity index (χ0n) is 15.3. The molecular weight excluding hydrogens is 325 g/mol. The van der Waals surface area contributed by atoms with Crippen LogP contribution in [0.5, 0.6) is 5.75 Å². The second-order valence-corrected chi connectivity index (χ2v) is 6.83. The molecule has 0 fully saturated rings. The van der Waals surface area contributed by atoms with Crippen LogP contribution in [0.2, 0.25) is 0 Å². The SMILES string of the molecule is CCCCCCCCc1ccccc1OP(=O)(O)O.CCNCC. The van der Waals surface area contributed by atoms with Gasteiger partial charge >= 0.3 is 7.82 Å². The number of benzene rings is 1. The van der Waals surface area contributed by atoms with Gasteiger partial charge in [-0.05, 0) is 37.6 Å². The maximum atomic E-state index is 10.9. The van der Waals surface area contributed by atoms with Crippen LogP contribution in [0.4, 0.5) is 0 Å². The van der Waals surface area contributed by atoms with E-state index in [1.807, 2.05) is 12.1 Å². The van der Waals surface area contributed by atoms with Gasteiger partial charge < -0.3 is 9.84 Å². The summed E-state index contributed by atoms with van der Waals surface area (Å²) >= 11 is 0. The minimum Gasteiger partial charge on any atom is -0.404 e. The molecule has 0 saturated heterocycles. The monoisotopic (exact) mass is 359 g/mol. The van der Waals surface area contributed by atoms with Crippen molar-refractivity contribution in [1.29, 1.82) is 0 Å². The molecule has 0 aliphatic heterocycles. The number of unbranched alkanes of at least 4 members (excludes halogenated alkanes) is 5. The molecule has 3 N–H and O–H groups in total. The van der Waals surface area contributed by atoms with Gasteiger partial charge in [-0.2, -0.15) is 0 Å². The van der Waals surface area contributed by atoms with Gasteiger partial charge in [0.1, 0.15) is 5.75 Å². The molecule has 0 saturated carbocycles. The van der Waals surface area contributed by atoms with Crippen molar-refractivity contribution in [2.45, 2.75) is 65.7 Å². The van der Waals surface area contributed by atoms with E-state index < -0.39 is 7.82 Å². The van der Waals surface area contributed by atoms with Crippen molar-refractivity contribution in [2.24, 2.45) is 0 Å². The summed E-state index contributed by atoms with van der Waals surface area (Å²) in [6, 6.07) is 7.04. The largest absolute Gasteiger partial charge is 0.524 e. The van der Waals surface area contributed by atoms with Crippen LogP contribution in [0.1, 0.15) is 64.9 Å². The van der Waals surface area contributed by atoms with E-state index in [0.717, 1.165) is 37.9 Å². The van der Waals surface area contributed by atoms with Crippen LogP contribution in [-0.4, -0.2) is 22.9 Å². The Morgan fingerprint density at radius 3 is 2.08 bits per heavy atom. The zero-order chi connectivity index (χ0) is 18.3. The van der Waals surface area contributed by atoms with Crippen LogP contribution < -0.4 is 9.84 Å². The number of phosphoric acid groups is 1. The zero-order valence-corrected chi connectivity index (χ0v) is 16.2. The molecule has 0 aromatic heterocycles. The molecule has 0 aliphatic carbocycles. The number of hydrogen-bond donors (Lipinski definition) is 3. The summed E-state index contributed by atoms with van der Waals surface area (Å²) in [5, 5.41) is 3.11. The molecule has 0 aliphatic rings. The molecule has 1 aromatic carbocycles. The number of para-hydroxylation sites is 1. The lowest BCUT2D eigenvalue weighted by Crippen LogP contribution is -2.09. The third-order valence-electron chi connectivity index (χ3n) is 3.49. The van der Waals surface area contributed by atoms with E-state index in [0.29, 0.717) is 5.75 Å². The minimum atomic E-state index is -4.47. The molecule has 1 aromatic rings. The molecule has 24 heavy (non-hydrogen) atoms. The fourth-order valence-electron chi connectivity index (χ4n) is 2.27. The van der Waals surface area contributed by atoms with Crippen molar-refractivity contribution in [2.75, 3.05) is 13.1 Å². The molecule has 0 bridgehead atoms. The summed E-state index contributed by atoms with van der Waals surface area (Å²) in [7, 11) is -4.47. The molecule has 0 unspecified atom stereocenters. The Labute approximate surface area is 147 Å². The Bertz CT molecular complexity index is 460. The second-order valence-electron chi connectivity index (χ2n) is 5.66. The molecule has 1 rings (SSSR count). The highest BCUT2D eigenvalue weighted by atomic mass is 31.2. The van der Waals surface area contributed by atoms with Crippen molar-refractivity contribution in [1.82, 2.24) is 5.32 Å².